The summed E-state index contributed by atoms with van der Waals surface area (Å²) < 4.78 is 0. The zero-order valence-corrected chi connectivity index (χ0v) is 5.64. The van der Waals surface area contributed by atoms with E-state index in [0.717, 1.165) is 6.07 Å². The molecule has 0 radical (unpaired) electrons. The third kappa shape index (κ3) is 8.11. The Morgan fingerprint density at radius 3 is 1.91 bits per heavy atom. The molecule has 0 fully saturated rings. The Hall–Kier alpha value is -1.89. The van der Waals surface area contributed by atoms with Gasteiger partial charge in [-0.15, -0.1) is 0 Å². The number of aliphatic carboxylic acids is 1. The van der Waals surface area contributed by atoms with Crippen LogP contribution in [-0.4, -0.2) is 16.1 Å². The average Bonchev–Trinajstić information content (AvgIpc) is 2.09. The summed E-state index contributed by atoms with van der Waals surface area (Å²) in [7, 11) is 0. The van der Waals surface area contributed by atoms with Gasteiger partial charge in [-0.05, 0) is 12.1 Å². The first-order chi connectivity index (χ1) is 5.27. The van der Waals surface area contributed by atoms with Crippen molar-refractivity contribution in [1.29, 1.82) is 5.26 Å². The molecule has 0 atom stereocenters. The number of carboxylic acid groups (broad SMARTS) is 1. The van der Waals surface area contributed by atoms with Gasteiger partial charge in [-0.25, -0.2) is 4.79 Å². The predicted octanol–water partition coefficient (Wildman–Crippen LogP) is 0.676. The molecule has 0 aliphatic carbocycles. The first-order valence-corrected chi connectivity index (χ1v) is 2.75. The van der Waals surface area contributed by atoms with Gasteiger partial charge in [-0.1, -0.05) is 6.07 Å². The van der Waals surface area contributed by atoms with Crippen molar-refractivity contribution in [2.75, 3.05) is 0 Å². The summed E-state index contributed by atoms with van der Waals surface area (Å²) in [5, 5.41) is 14.7. The average molecular weight is 150 g/mol. The molecule has 0 spiro atoms. The van der Waals surface area contributed by atoms with Gasteiger partial charge in [-0.2, -0.15) is 5.26 Å². The van der Waals surface area contributed by atoms with Gasteiger partial charge in [-0.3, -0.25) is 4.98 Å². The first kappa shape index (κ1) is 9.11. The van der Waals surface area contributed by atoms with E-state index in [1.165, 1.54) is 0 Å². The Labute approximate surface area is 63.7 Å². The van der Waals surface area contributed by atoms with Crippen LogP contribution in [-0.2, 0) is 4.79 Å². The number of hydrogen-bond donors (Lipinski definition) is 1. The Morgan fingerprint density at radius 1 is 1.36 bits per heavy atom. The van der Waals surface area contributed by atoms with Gasteiger partial charge in [0.2, 0.25) is 0 Å². The van der Waals surface area contributed by atoms with E-state index >= 15 is 0 Å². The highest BCUT2D eigenvalue weighted by molar-refractivity contribution is 5.83. The van der Waals surface area contributed by atoms with E-state index < -0.39 is 5.97 Å². The molecule has 0 amide bonds. The van der Waals surface area contributed by atoms with Crippen LogP contribution in [0.15, 0.2) is 30.6 Å². The van der Waals surface area contributed by atoms with E-state index in [1.807, 2.05) is 18.2 Å². The lowest BCUT2D eigenvalue weighted by molar-refractivity contribution is -0.130. The zero-order chi connectivity index (χ0) is 8.53. The summed E-state index contributed by atoms with van der Waals surface area (Å²) in [5.41, 5.74) is 0. The number of carbonyl (C=O) groups is 1. The molecule has 0 aromatic carbocycles. The van der Waals surface area contributed by atoms with Crippen LogP contribution in [0.5, 0.6) is 0 Å². The fraction of sp³-hybridized carbons (Fsp3) is 0. The number of pyridine rings is 1. The van der Waals surface area contributed by atoms with Crippen molar-refractivity contribution >= 4 is 5.97 Å². The maximum Gasteiger partial charge on any atom is 0.408 e. The number of aromatic nitrogens is 1. The molecule has 4 nitrogen and oxygen atoms in total. The van der Waals surface area contributed by atoms with Crippen LogP contribution in [0.2, 0.25) is 0 Å². The highest BCUT2D eigenvalue weighted by atomic mass is 16.4. The SMILES string of the molecule is N#CC(=O)O.c1ccncc1. The summed E-state index contributed by atoms with van der Waals surface area (Å²) in [6, 6.07) is 6.66. The van der Waals surface area contributed by atoms with E-state index in [0.29, 0.717) is 0 Å². The quantitative estimate of drug-likeness (QED) is 0.435. The Morgan fingerprint density at radius 2 is 1.82 bits per heavy atom. The summed E-state index contributed by atoms with van der Waals surface area (Å²) in [5.74, 6) is -1.44. The highest BCUT2D eigenvalue weighted by Gasteiger charge is 1.79. The fourth-order valence-electron chi connectivity index (χ4n) is 0.313. The van der Waals surface area contributed by atoms with E-state index in [-0.39, 0.29) is 0 Å². The van der Waals surface area contributed by atoms with Crippen molar-refractivity contribution in [3.05, 3.63) is 30.6 Å². The molecule has 0 bridgehead atoms. The molecule has 0 unspecified atom stereocenters. The van der Waals surface area contributed by atoms with Crippen LogP contribution in [0, 0.1) is 11.3 Å². The van der Waals surface area contributed by atoms with Crippen molar-refractivity contribution in [1.82, 2.24) is 4.98 Å². The van der Waals surface area contributed by atoms with Gasteiger partial charge in [0.1, 0.15) is 0 Å². The number of carboxylic acids is 1. The normalized spacial score (nSPS) is 6.82. The third-order valence-corrected chi connectivity index (χ3v) is 0.662. The van der Waals surface area contributed by atoms with Gasteiger partial charge >= 0.3 is 5.97 Å². The van der Waals surface area contributed by atoms with E-state index in [9.17, 15) is 0 Å². The molecule has 0 aliphatic rings. The number of nitrogens with zero attached hydrogens (tertiary/aromatic N) is 2. The minimum atomic E-state index is -1.44. The largest absolute Gasteiger partial charge is 0.470 e. The molecule has 0 saturated carbocycles. The summed E-state index contributed by atoms with van der Waals surface area (Å²) >= 11 is 0. The molecule has 1 rings (SSSR count). The van der Waals surface area contributed by atoms with E-state index in [4.69, 9.17) is 15.2 Å². The molecule has 56 valence electrons. The van der Waals surface area contributed by atoms with Crippen LogP contribution in [0.25, 0.3) is 0 Å². The van der Waals surface area contributed by atoms with Gasteiger partial charge in [0.05, 0.1) is 0 Å². The van der Waals surface area contributed by atoms with E-state index in [1.54, 1.807) is 12.4 Å². The Balaban J connectivity index is 0.000000187. The van der Waals surface area contributed by atoms with Crippen LogP contribution in [0.3, 0.4) is 0 Å². The Kier molecular flexibility index (Phi) is 5.16. The van der Waals surface area contributed by atoms with Crippen molar-refractivity contribution in [3.8, 4) is 6.07 Å². The van der Waals surface area contributed by atoms with Crippen LogP contribution < -0.4 is 0 Å². The number of nitriles is 1. The lowest BCUT2D eigenvalue weighted by Gasteiger charge is -1.70. The zero-order valence-electron chi connectivity index (χ0n) is 5.64. The minimum Gasteiger partial charge on any atom is -0.470 e. The van der Waals surface area contributed by atoms with Gasteiger partial charge in [0, 0.05) is 12.4 Å². The maximum atomic E-state index is 9.01. The second kappa shape index (κ2) is 6.23. The van der Waals surface area contributed by atoms with Crippen molar-refractivity contribution in [3.63, 3.8) is 0 Å². The minimum absolute atomic E-state index is 0.944. The van der Waals surface area contributed by atoms with Crippen LogP contribution in [0.4, 0.5) is 0 Å². The second-order valence-corrected chi connectivity index (χ2v) is 1.44. The molecular weight excluding hydrogens is 144 g/mol. The van der Waals surface area contributed by atoms with Gasteiger partial charge in [0.25, 0.3) is 0 Å². The molecule has 0 aliphatic heterocycles. The van der Waals surface area contributed by atoms with E-state index in [2.05, 4.69) is 4.98 Å². The predicted molar refractivity (Wildman–Crippen MR) is 37.5 cm³/mol. The topological polar surface area (TPSA) is 74.0 Å². The molecule has 0 saturated heterocycles. The summed E-state index contributed by atoms with van der Waals surface area (Å²) in [6.45, 7) is 0. The summed E-state index contributed by atoms with van der Waals surface area (Å²) in [6.07, 6.45) is 3.50. The molecule has 1 aromatic rings. The molecular formula is C7H6N2O2. The Bertz CT molecular complexity index is 214. The molecule has 1 aromatic heterocycles. The standard InChI is InChI=1S/C5H5N.C2HNO2/c1-2-4-6-5-3-1;3-1-2(4)5/h1-5H;(H,4,5). The first-order valence-electron chi connectivity index (χ1n) is 2.75. The van der Waals surface area contributed by atoms with Crippen molar-refractivity contribution < 1.29 is 9.90 Å². The molecule has 1 N–H and O–H groups in total. The summed E-state index contributed by atoms with van der Waals surface area (Å²) in [4.78, 5) is 12.8. The smallest absolute Gasteiger partial charge is 0.408 e. The fourth-order valence-corrected chi connectivity index (χ4v) is 0.313. The second-order valence-electron chi connectivity index (χ2n) is 1.44. The van der Waals surface area contributed by atoms with Crippen molar-refractivity contribution in [2.45, 2.75) is 0 Å². The third-order valence-electron chi connectivity index (χ3n) is 0.662. The maximum absolute atomic E-state index is 9.01. The van der Waals surface area contributed by atoms with Crippen molar-refractivity contribution in [2.24, 2.45) is 0 Å². The van der Waals surface area contributed by atoms with Crippen LogP contribution >= 0.6 is 0 Å². The molecule has 1 heterocycles. The lowest BCUT2D eigenvalue weighted by Crippen LogP contribution is -1.83. The number of hydrogen-bond acceptors (Lipinski definition) is 3. The van der Waals surface area contributed by atoms with Gasteiger partial charge in [0.15, 0.2) is 6.07 Å². The molecule has 4 heteroatoms. The lowest BCUT2D eigenvalue weighted by atomic mass is 10.5. The highest BCUT2D eigenvalue weighted by Crippen LogP contribution is 1.73. The van der Waals surface area contributed by atoms with Gasteiger partial charge < -0.3 is 5.11 Å². The monoisotopic (exact) mass is 150 g/mol. The number of rotatable bonds is 0. The van der Waals surface area contributed by atoms with Crippen LogP contribution in [0.1, 0.15) is 0 Å². The molecule has 11 heavy (non-hydrogen) atoms.